The quantitative estimate of drug-likeness (QED) is 0.795. The van der Waals surface area contributed by atoms with Crippen LogP contribution in [-0.4, -0.2) is 54.2 Å². The van der Waals surface area contributed by atoms with Gasteiger partial charge in [-0.25, -0.2) is 9.37 Å². The van der Waals surface area contributed by atoms with Gasteiger partial charge >= 0.3 is 0 Å². The lowest BCUT2D eigenvalue weighted by atomic mass is 9.73. The summed E-state index contributed by atoms with van der Waals surface area (Å²) in [6.45, 7) is 8.16. The van der Waals surface area contributed by atoms with Crippen LogP contribution in [0.15, 0.2) is 42.5 Å². The van der Waals surface area contributed by atoms with Crippen LogP contribution in [0.1, 0.15) is 25.1 Å². The molecule has 0 unspecified atom stereocenters. The maximum atomic E-state index is 14.4. The minimum Gasteiger partial charge on any atom is -0.372 e. The Morgan fingerprint density at radius 3 is 2.48 bits per heavy atom. The van der Waals surface area contributed by atoms with E-state index in [0.717, 1.165) is 11.5 Å². The molecule has 0 saturated carbocycles. The van der Waals surface area contributed by atoms with Gasteiger partial charge in [-0.05, 0) is 51.0 Å². The fourth-order valence-electron chi connectivity index (χ4n) is 4.56. The standard InChI is InChI=1S/C23H28FN3O2/c1-16-7-6-10-21(25-16)27-14-23(15-27,11-19-8-4-5-9-20(19)24)22(28)26-12-17(2)29-18(3)13-26/h4-10,17-18H,11-15H2,1-3H3/t17-,18+. The van der Waals surface area contributed by atoms with E-state index in [4.69, 9.17) is 4.74 Å². The average molecular weight is 397 g/mol. The second kappa shape index (κ2) is 7.75. The predicted molar refractivity (Wildman–Crippen MR) is 110 cm³/mol. The molecule has 1 aromatic carbocycles. The van der Waals surface area contributed by atoms with Crippen molar-refractivity contribution in [3.05, 3.63) is 59.5 Å². The van der Waals surface area contributed by atoms with Crippen LogP contribution in [0.3, 0.4) is 0 Å². The van der Waals surface area contributed by atoms with Gasteiger partial charge in [0.1, 0.15) is 11.6 Å². The SMILES string of the molecule is Cc1cccc(N2CC(Cc3ccccc3F)(C(=O)N3C[C@@H](C)O[C@@H](C)C3)C2)n1. The number of hydrogen-bond acceptors (Lipinski definition) is 4. The molecule has 2 atom stereocenters. The number of anilines is 1. The first-order valence-electron chi connectivity index (χ1n) is 10.2. The van der Waals surface area contributed by atoms with E-state index in [2.05, 4.69) is 9.88 Å². The van der Waals surface area contributed by atoms with Crippen LogP contribution in [0.5, 0.6) is 0 Å². The highest BCUT2D eigenvalue weighted by Gasteiger charge is 2.52. The van der Waals surface area contributed by atoms with Crippen molar-refractivity contribution in [1.29, 1.82) is 0 Å². The zero-order valence-electron chi connectivity index (χ0n) is 17.3. The molecule has 0 aliphatic carbocycles. The molecule has 154 valence electrons. The molecular weight excluding hydrogens is 369 g/mol. The van der Waals surface area contributed by atoms with E-state index in [0.29, 0.717) is 38.2 Å². The van der Waals surface area contributed by atoms with Crippen LogP contribution in [0.2, 0.25) is 0 Å². The number of hydrogen-bond donors (Lipinski definition) is 0. The van der Waals surface area contributed by atoms with Crippen LogP contribution in [0.25, 0.3) is 0 Å². The largest absolute Gasteiger partial charge is 0.372 e. The van der Waals surface area contributed by atoms with E-state index < -0.39 is 5.41 Å². The maximum Gasteiger partial charge on any atom is 0.232 e. The molecule has 0 radical (unpaired) electrons. The summed E-state index contributed by atoms with van der Waals surface area (Å²) in [5, 5.41) is 0. The smallest absolute Gasteiger partial charge is 0.232 e. The number of rotatable bonds is 4. The maximum absolute atomic E-state index is 14.4. The van der Waals surface area contributed by atoms with Crippen molar-refractivity contribution in [1.82, 2.24) is 9.88 Å². The summed E-state index contributed by atoms with van der Waals surface area (Å²) < 4.78 is 20.2. The second-order valence-corrected chi connectivity index (χ2v) is 8.51. The Morgan fingerprint density at radius 2 is 1.83 bits per heavy atom. The van der Waals surface area contributed by atoms with Gasteiger partial charge < -0.3 is 14.5 Å². The molecule has 5 nitrogen and oxygen atoms in total. The van der Waals surface area contributed by atoms with Crippen LogP contribution in [0, 0.1) is 18.2 Å². The predicted octanol–water partition coefficient (Wildman–Crippen LogP) is 3.21. The summed E-state index contributed by atoms with van der Waals surface area (Å²) in [4.78, 5) is 22.3. The number of morpholine rings is 1. The molecule has 0 bridgehead atoms. The number of carbonyl (C=O) groups is 1. The van der Waals surface area contributed by atoms with E-state index in [1.54, 1.807) is 12.1 Å². The summed E-state index contributed by atoms with van der Waals surface area (Å²) in [6.07, 6.45) is 0.395. The molecule has 1 amide bonds. The molecule has 2 saturated heterocycles. The number of carbonyl (C=O) groups excluding carboxylic acids is 1. The molecule has 29 heavy (non-hydrogen) atoms. The van der Waals surface area contributed by atoms with Gasteiger partial charge in [-0.1, -0.05) is 24.3 Å². The first-order chi connectivity index (χ1) is 13.9. The van der Waals surface area contributed by atoms with Crippen LogP contribution >= 0.6 is 0 Å². The molecule has 0 spiro atoms. The van der Waals surface area contributed by atoms with Gasteiger partial charge in [0.05, 0.1) is 17.6 Å². The molecule has 2 fully saturated rings. The van der Waals surface area contributed by atoms with E-state index in [9.17, 15) is 9.18 Å². The van der Waals surface area contributed by atoms with Gasteiger partial charge in [0.25, 0.3) is 0 Å². The van der Waals surface area contributed by atoms with Gasteiger partial charge in [-0.2, -0.15) is 0 Å². The summed E-state index contributed by atoms with van der Waals surface area (Å²) in [6, 6.07) is 12.6. The topological polar surface area (TPSA) is 45.7 Å². The number of amides is 1. The molecule has 4 rings (SSSR count). The van der Waals surface area contributed by atoms with E-state index in [1.807, 2.05) is 49.9 Å². The summed E-state index contributed by atoms with van der Waals surface area (Å²) in [7, 11) is 0. The zero-order chi connectivity index (χ0) is 20.6. The Bertz CT molecular complexity index is 887. The third kappa shape index (κ3) is 3.99. The van der Waals surface area contributed by atoms with E-state index in [1.165, 1.54) is 6.07 Å². The van der Waals surface area contributed by atoms with Crippen molar-refractivity contribution in [2.24, 2.45) is 5.41 Å². The van der Waals surface area contributed by atoms with Crippen LogP contribution in [-0.2, 0) is 16.0 Å². The minimum absolute atomic E-state index is 0.00262. The lowest BCUT2D eigenvalue weighted by molar-refractivity contribution is -0.155. The Balaban J connectivity index is 1.60. The first-order valence-corrected chi connectivity index (χ1v) is 10.2. The zero-order valence-corrected chi connectivity index (χ0v) is 17.3. The number of halogens is 1. The molecule has 2 aromatic rings. The van der Waals surface area contributed by atoms with Gasteiger partial charge in [-0.15, -0.1) is 0 Å². The van der Waals surface area contributed by atoms with Crippen molar-refractivity contribution < 1.29 is 13.9 Å². The molecule has 0 N–H and O–H groups in total. The Labute approximate surface area is 171 Å². The Kier molecular flexibility index (Phi) is 5.30. The molecule has 2 aliphatic rings. The molecule has 2 aliphatic heterocycles. The normalized spacial score (nSPS) is 23.6. The lowest BCUT2D eigenvalue weighted by Crippen LogP contribution is -2.67. The van der Waals surface area contributed by atoms with Gasteiger partial charge in [-0.3, -0.25) is 4.79 Å². The van der Waals surface area contributed by atoms with Crippen molar-refractivity contribution in [2.75, 3.05) is 31.1 Å². The van der Waals surface area contributed by atoms with Crippen molar-refractivity contribution in [3.8, 4) is 0 Å². The number of nitrogens with zero attached hydrogens (tertiary/aromatic N) is 3. The third-order valence-corrected chi connectivity index (χ3v) is 5.83. The van der Waals surface area contributed by atoms with Crippen molar-refractivity contribution in [3.63, 3.8) is 0 Å². The summed E-state index contributed by atoms with van der Waals surface area (Å²) in [5.41, 5.74) is 0.882. The van der Waals surface area contributed by atoms with Gasteiger partial charge in [0.15, 0.2) is 0 Å². The Hall–Kier alpha value is -2.47. The monoisotopic (exact) mass is 397 g/mol. The number of aromatic nitrogens is 1. The lowest BCUT2D eigenvalue weighted by Gasteiger charge is -2.52. The first kappa shape index (κ1) is 19.8. The van der Waals surface area contributed by atoms with Crippen molar-refractivity contribution in [2.45, 2.75) is 39.4 Å². The fourth-order valence-corrected chi connectivity index (χ4v) is 4.56. The number of aryl methyl sites for hydroxylation is 1. The third-order valence-electron chi connectivity index (χ3n) is 5.83. The van der Waals surface area contributed by atoms with Crippen LogP contribution < -0.4 is 4.90 Å². The number of benzene rings is 1. The second-order valence-electron chi connectivity index (χ2n) is 8.51. The molecule has 3 heterocycles. The highest BCUT2D eigenvalue weighted by molar-refractivity contribution is 5.86. The number of pyridine rings is 1. The highest BCUT2D eigenvalue weighted by atomic mass is 19.1. The average Bonchev–Trinajstić information content (AvgIpc) is 2.64. The summed E-state index contributed by atoms with van der Waals surface area (Å²) >= 11 is 0. The molecular formula is C23H28FN3O2. The Morgan fingerprint density at radius 1 is 1.14 bits per heavy atom. The van der Waals surface area contributed by atoms with Gasteiger partial charge in [0, 0.05) is 31.9 Å². The van der Waals surface area contributed by atoms with Crippen LogP contribution in [0.4, 0.5) is 10.2 Å². The van der Waals surface area contributed by atoms with Crippen molar-refractivity contribution >= 4 is 11.7 Å². The van der Waals surface area contributed by atoms with E-state index >= 15 is 0 Å². The van der Waals surface area contributed by atoms with E-state index in [-0.39, 0.29) is 23.9 Å². The number of ether oxygens (including phenoxy) is 1. The molecule has 6 heteroatoms. The summed E-state index contributed by atoms with van der Waals surface area (Å²) in [5.74, 6) is 0.702. The van der Waals surface area contributed by atoms with Gasteiger partial charge in [0.2, 0.25) is 5.91 Å². The molecule has 1 aromatic heterocycles. The highest BCUT2D eigenvalue weighted by Crippen LogP contribution is 2.39. The minimum atomic E-state index is -0.648. The fraction of sp³-hybridized carbons (Fsp3) is 0.478.